The van der Waals surface area contributed by atoms with Gasteiger partial charge < -0.3 is 0 Å². The smallest absolute Gasteiger partial charge is 0.268 e. The van der Waals surface area contributed by atoms with Gasteiger partial charge in [-0.3, -0.25) is 14.5 Å². The summed E-state index contributed by atoms with van der Waals surface area (Å²) in [6.07, 6.45) is 3.60. The van der Waals surface area contributed by atoms with Gasteiger partial charge in [0.1, 0.15) is 0 Å². The SMILES string of the molecule is CSC1=C(SC)C(=O)N(C)C1=O. The lowest BCUT2D eigenvalue weighted by Crippen LogP contribution is -2.26. The maximum atomic E-state index is 11.3. The van der Waals surface area contributed by atoms with Crippen LogP contribution in [0.4, 0.5) is 0 Å². The van der Waals surface area contributed by atoms with Gasteiger partial charge in [0.2, 0.25) is 0 Å². The van der Waals surface area contributed by atoms with E-state index in [1.807, 2.05) is 0 Å². The van der Waals surface area contributed by atoms with Crippen molar-refractivity contribution in [3.05, 3.63) is 9.81 Å². The molecule has 0 aliphatic carbocycles. The maximum absolute atomic E-state index is 11.3. The molecule has 1 heterocycles. The highest BCUT2D eigenvalue weighted by atomic mass is 32.2. The molecule has 3 nitrogen and oxygen atoms in total. The molecule has 0 aromatic rings. The average molecular weight is 203 g/mol. The van der Waals surface area contributed by atoms with E-state index in [1.54, 1.807) is 12.5 Å². The number of amides is 2. The number of carbonyl (C=O) groups is 2. The molecule has 0 atom stereocenters. The number of thioether (sulfide) groups is 2. The van der Waals surface area contributed by atoms with Gasteiger partial charge in [-0.2, -0.15) is 0 Å². The van der Waals surface area contributed by atoms with Crippen LogP contribution in [0.3, 0.4) is 0 Å². The van der Waals surface area contributed by atoms with E-state index in [0.717, 1.165) is 4.90 Å². The molecule has 12 heavy (non-hydrogen) atoms. The number of rotatable bonds is 2. The van der Waals surface area contributed by atoms with Crippen LogP contribution in [0.25, 0.3) is 0 Å². The van der Waals surface area contributed by atoms with Crippen molar-refractivity contribution in [3.8, 4) is 0 Å². The van der Waals surface area contributed by atoms with Crippen LogP contribution >= 0.6 is 23.5 Å². The predicted octanol–water partition coefficient (Wildman–Crippen LogP) is 0.923. The molecule has 66 valence electrons. The molecule has 1 aliphatic rings. The van der Waals surface area contributed by atoms with Gasteiger partial charge in [0.15, 0.2) is 0 Å². The molecule has 0 saturated carbocycles. The molecule has 1 rings (SSSR count). The number of imide groups is 1. The molecule has 5 heteroatoms. The molecular formula is C7H9NO2S2. The first-order chi connectivity index (χ1) is 5.63. The van der Waals surface area contributed by atoms with Crippen molar-refractivity contribution in [1.29, 1.82) is 0 Å². The molecule has 2 amide bonds. The van der Waals surface area contributed by atoms with Crippen molar-refractivity contribution in [1.82, 2.24) is 4.90 Å². The molecule has 0 aromatic carbocycles. The van der Waals surface area contributed by atoms with Crippen LogP contribution in [-0.2, 0) is 9.59 Å². The summed E-state index contributed by atoms with van der Waals surface area (Å²) < 4.78 is 0. The normalized spacial score (nSPS) is 18.1. The first-order valence-electron chi connectivity index (χ1n) is 3.28. The lowest BCUT2D eigenvalue weighted by Gasteiger charge is -2.04. The molecular weight excluding hydrogens is 194 g/mol. The summed E-state index contributed by atoms with van der Waals surface area (Å²) in [4.78, 5) is 24.9. The van der Waals surface area contributed by atoms with Gasteiger partial charge in [-0.1, -0.05) is 0 Å². The van der Waals surface area contributed by atoms with Gasteiger partial charge in [-0.15, -0.1) is 23.5 Å². The van der Waals surface area contributed by atoms with Crippen molar-refractivity contribution < 1.29 is 9.59 Å². The highest BCUT2D eigenvalue weighted by Gasteiger charge is 2.34. The molecule has 0 fully saturated rings. The summed E-state index contributed by atoms with van der Waals surface area (Å²) in [5.74, 6) is -0.367. The van der Waals surface area contributed by atoms with Crippen LogP contribution < -0.4 is 0 Å². The fraction of sp³-hybridized carbons (Fsp3) is 0.429. The third-order valence-electron chi connectivity index (χ3n) is 1.61. The highest BCUT2D eigenvalue weighted by molar-refractivity contribution is 8.07. The maximum Gasteiger partial charge on any atom is 0.268 e. The Balaban J connectivity index is 3.09. The summed E-state index contributed by atoms with van der Waals surface area (Å²) >= 11 is 2.65. The second kappa shape index (κ2) is 3.53. The standard InChI is InChI=1S/C7H9NO2S2/c1-8-6(9)4(11-2)5(12-3)7(8)10/h1-3H3. The van der Waals surface area contributed by atoms with E-state index in [4.69, 9.17) is 0 Å². The van der Waals surface area contributed by atoms with E-state index in [1.165, 1.54) is 30.6 Å². The third-order valence-corrected chi connectivity index (χ3v) is 3.32. The number of hydrogen-bond acceptors (Lipinski definition) is 4. The minimum Gasteiger partial charge on any atom is -0.277 e. The van der Waals surface area contributed by atoms with E-state index in [2.05, 4.69) is 0 Å². The summed E-state index contributed by atoms with van der Waals surface area (Å²) in [6, 6.07) is 0. The first-order valence-corrected chi connectivity index (χ1v) is 5.73. The van der Waals surface area contributed by atoms with Gasteiger partial charge >= 0.3 is 0 Å². The number of likely N-dealkylation sites (N-methyl/N-ethyl adjacent to an activating group) is 1. The number of nitrogens with zero attached hydrogens (tertiary/aromatic N) is 1. The molecule has 1 aliphatic heterocycles. The Labute approximate surface area is 79.6 Å². The predicted molar refractivity (Wildman–Crippen MR) is 51.8 cm³/mol. The van der Waals surface area contributed by atoms with Crippen LogP contribution in [-0.4, -0.2) is 36.3 Å². The van der Waals surface area contributed by atoms with Crippen LogP contribution in [0.5, 0.6) is 0 Å². The van der Waals surface area contributed by atoms with Crippen molar-refractivity contribution in [2.45, 2.75) is 0 Å². The van der Waals surface area contributed by atoms with Crippen LogP contribution in [0.1, 0.15) is 0 Å². The van der Waals surface area contributed by atoms with E-state index in [-0.39, 0.29) is 11.8 Å². The Hall–Kier alpha value is -0.420. The second-order valence-electron chi connectivity index (χ2n) is 2.24. The Morgan fingerprint density at radius 1 is 1.00 bits per heavy atom. The van der Waals surface area contributed by atoms with Crippen molar-refractivity contribution in [3.63, 3.8) is 0 Å². The van der Waals surface area contributed by atoms with Gasteiger partial charge in [-0.05, 0) is 12.5 Å². The zero-order valence-electron chi connectivity index (χ0n) is 7.08. The van der Waals surface area contributed by atoms with Gasteiger partial charge in [0, 0.05) is 7.05 Å². The first kappa shape index (κ1) is 9.67. The average Bonchev–Trinajstić information content (AvgIpc) is 2.29. The molecule has 0 spiro atoms. The Morgan fingerprint density at radius 2 is 1.33 bits per heavy atom. The molecule has 0 radical (unpaired) electrons. The third kappa shape index (κ3) is 1.27. The topological polar surface area (TPSA) is 37.4 Å². The summed E-state index contributed by atoms with van der Waals surface area (Å²) in [7, 11) is 1.50. The molecule has 0 bridgehead atoms. The van der Waals surface area contributed by atoms with Crippen LogP contribution in [0.2, 0.25) is 0 Å². The number of carbonyl (C=O) groups excluding carboxylic acids is 2. The molecule has 0 unspecified atom stereocenters. The van der Waals surface area contributed by atoms with E-state index in [0.29, 0.717) is 9.81 Å². The Bertz CT molecular complexity index is 247. The summed E-state index contributed by atoms with van der Waals surface area (Å²) in [6.45, 7) is 0. The minimum atomic E-state index is -0.183. The zero-order valence-corrected chi connectivity index (χ0v) is 8.71. The molecule has 0 saturated heterocycles. The lowest BCUT2D eigenvalue weighted by molar-refractivity contribution is -0.135. The largest absolute Gasteiger partial charge is 0.277 e. The highest BCUT2D eigenvalue weighted by Crippen LogP contribution is 2.32. The quantitative estimate of drug-likeness (QED) is 0.625. The summed E-state index contributed by atoms with van der Waals surface area (Å²) in [5.41, 5.74) is 0. The minimum absolute atomic E-state index is 0.183. The monoisotopic (exact) mass is 203 g/mol. The zero-order chi connectivity index (χ0) is 9.30. The second-order valence-corrected chi connectivity index (χ2v) is 3.87. The van der Waals surface area contributed by atoms with Crippen molar-refractivity contribution in [2.75, 3.05) is 19.6 Å². The number of hydrogen-bond donors (Lipinski definition) is 0. The van der Waals surface area contributed by atoms with Crippen LogP contribution in [0, 0.1) is 0 Å². The van der Waals surface area contributed by atoms with Gasteiger partial charge in [0.05, 0.1) is 9.81 Å². The fourth-order valence-electron chi connectivity index (χ4n) is 0.951. The fourth-order valence-corrected chi connectivity index (χ4v) is 2.62. The van der Waals surface area contributed by atoms with Gasteiger partial charge in [0.25, 0.3) is 11.8 Å². The lowest BCUT2D eigenvalue weighted by atomic mass is 10.5. The van der Waals surface area contributed by atoms with Crippen LogP contribution in [0.15, 0.2) is 9.81 Å². The van der Waals surface area contributed by atoms with Crippen molar-refractivity contribution >= 4 is 35.3 Å². The van der Waals surface area contributed by atoms with E-state index >= 15 is 0 Å². The van der Waals surface area contributed by atoms with Gasteiger partial charge in [-0.25, -0.2) is 0 Å². The van der Waals surface area contributed by atoms with E-state index < -0.39 is 0 Å². The molecule has 0 aromatic heterocycles. The Morgan fingerprint density at radius 3 is 1.58 bits per heavy atom. The summed E-state index contributed by atoms with van der Waals surface area (Å²) in [5, 5.41) is 0. The Kier molecular flexibility index (Phi) is 2.85. The van der Waals surface area contributed by atoms with E-state index in [9.17, 15) is 9.59 Å². The van der Waals surface area contributed by atoms with Crippen molar-refractivity contribution in [2.24, 2.45) is 0 Å². The molecule has 0 N–H and O–H groups in total.